The molecule has 0 amide bonds. The van der Waals surface area contributed by atoms with E-state index >= 15 is 0 Å². The van der Waals surface area contributed by atoms with Gasteiger partial charge in [-0.25, -0.2) is 0 Å². The minimum absolute atomic E-state index is 0.0458. The number of rotatable bonds is 8. The molecule has 1 saturated carbocycles. The summed E-state index contributed by atoms with van der Waals surface area (Å²) in [5, 5.41) is 4.34. The average molecular weight is 435 g/mol. The van der Waals surface area contributed by atoms with Crippen LogP contribution in [0.15, 0.2) is 4.52 Å². The monoisotopic (exact) mass is 434 g/mol. The van der Waals surface area contributed by atoms with Gasteiger partial charge in [0.1, 0.15) is 5.60 Å². The van der Waals surface area contributed by atoms with Gasteiger partial charge in [-0.15, -0.1) is 0 Å². The summed E-state index contributed by atoms with van der Waals surface area (Å²) < 4.78 is 12.4. The lowest BCUT2D eigenvalue weighted by Gasteiger charge is -2.36. The Morgan fingerprint density at radius 3 is 2.45 bits per heavy atom. The van der Waals surface area contributed by atoms with Crippen LogP contribution in [0.2, 0.25) is 0 Å². The number of ether oxygens (including phenoxy) is 1. The topological polar surface area (TPSA) is 65.2 Å². The summed E-state index contributed by atoms with van der Waals surface area (Å²) in [5.41, 5.74) is -0.475. The average Bonchev–Trinajstić information content (AvgIpc) is 3.16. The van der Waals surface area contributed by atoms with Crippen LogP contribution in [-0.2, 0) is 9.53 Å². The lowest BCUT2D eigenvalue weighted by Crippen LogP contribution is -2.45. The third-order valence-corrected chi connectivity index (χ3v) is 7.06. The van der Waals surface area contributed by atoms with Crippen molar-refractivity contribution in [3.8, 4) is 0 Å². The molecule has 176 valence electrons. The molecule has 0 bridgehead atoms. The standard InChI is InChI=1S/C25H44N3O3/c1-25(2,3)30-22(29)18-21(13-9-12-19-10-7-6-8-11-19)24-26-23(27-31-24)20-14-16-28(4,5)17-15-20/h19-21H,6-18H2,1-5H3/q+1/t21-/m1/s1. The van der Waals surface area contributed by atoms with Crippen molar-refractivity contribution in [1.82, 2.24) is 10.1 Å². The highest BCUT2D eigenvalue weighted by atomic mass is 16.6. The van der Waals surface area contributed by atoms with Crippen molar-refractivity contribution in [2.24, 2.45) is 5.92 Å². The maximum Gasteiger partial charge on any atom is 0.307 e. The van der Waals surface area contributed by atoms with E-state index < -0.39 is 5.60 Å². The third kappa shape index (κ3) is 7.89. The molecule has 31 heavy (non-hydrogen) atoms. The molecule has 6 nitrogen and oxygen atoms in total. The zero-order valence-electron chi connectivity index (χ0n) is 20.5. The summed E-state index contributed by atoms with van der Waals surface area (Å²) in [7, 11) is 4.56. The highest BCUT2D eigenvalue weighted by molar-refractivity contribution is 5.70. The van der Waals surface area contributed by atoms with Crippen LogP contribution >= 0.6 is 0 Å². The number of esters is 1. The van der Waals surface area contributed by atoms with Crippen molar-refractivity contribution in [1.29, 1.82) is 0 Å². The van der Waals surface area contributed by atoms with Crippen LogP contribution in [0.5, 0.6) is 0 Å². The van der Waals surface area contributed by atoms with Gasteiger partial charge in [0.25, 0.3) is 0 Å². The largest absolute Gasteiger partial charge is 0.460 e. The van der Waals surface area contributed by atoms with Gasteiger partial charge in [0.2, 0.25) is 5.89 Å². The van der Waals surface area contributed by atoms with Gasteiger partial charge < -0.3 is 13.7 Å². The lowest BCUT2D eigenvalue weighted by molar-refractivity contribution is -0.895. The lowest BCUT2D eigenvalue weighted by atomic mass is 9.84. The maximum atomic E-state index is 12.6. The molecule has 1 saturated heterocycles. The van der Waals surface area contributed by atoms with Gasteiger partial charge in [-0.2, -0.15) is 4.98 Å². The van der Waals surface area contributed by atoms with Crippen molar-refractivity contribution in [3.63, 3.8) is 0 Å². The second kappa shape index (κ2) is 10.5. The van der Waals surface area contributed by atoms with Crippen molar-refractivity contribution in [2.75, 3.05) is 27.2 Å². The van der Waals surface area contributed by atoms with Crippen LogP contribution < -0.4 is 0 Å². The predicted octanol–water partition coefficient (Wildman–Crippen LogP) is 5.59. The van der Waals surface area contributed by atoms with E-state index in [4.69, 9.17) is 14.2 Å². The number of nitrogens with zero attached hydrogens (tertiary/aromatic N) is 3. The van der Waals surface area contributed by atoms with Gasteiger partial charge in [-0.1, -0.05) is 50.1 Å². The smallest absolute Gasteiger partial charge is 0.307 e. The molecule has 0 radical (unpaired) electrons. The van der Waals surface area contributed by atoms with Gasteiger partial charge in [0.15, 0.2) is 5.82 Å². The second-order valence-electron chi connectivity index (χ2n) is 11.6. The minimum Gasteiger partial charge on any atom is -0.460 e. The minimum atomic E-state index is -0.475. The molecule has 2 aliphatic rings. The van der Waals surface area contributed by atoms with E-state index in [9.17, 15) is 4.79 Å². The van der Waals surface area contributed by atoms with Gasteiger partial charge in [0, 0.05) is 24.7 Å². The molecule has 3 rings (SSSR count). The van der Waals surface area contributed by atoms with Gasteiger partial charge >= 0.3 is 5.97 Å². The third-order valence-electron chi connectivity index (χ3n) is 7.06. The fourth-order valence-electron chi connectivity index (χ4n) is 5.13. The first-order valence-corrected chi connectivity index (χ1v) is 12.5. The van der Waals surface area contributed by atoms with E-state index in [0.29, 0.717) is 18.2 Å². The van der Waals surface area contributed by atoms with E-state index in [1.54, 1.807) is 0 Å². The van der Waals surface area contributed by atoms with E-state index in [1.807, 2.05) is 20.8 Å². The number of likely N-dealkylation sites (tertiary alicyclic amines) is 1. The van der Waals surface area contributed by atoms with Crippen LogP contribution in [0.25, 0.3) is 0 Å². The summed E-state index contributed by atoms with van der Waals surface area (Å²) in [6, 6.07) is 0. The van der Waals surface area contributed by atoms with Crippen LogP contribution in [0.4, 0.5) is 0 Å². The number of carbonyl (C=O) groups excluding carboxylic acids is 1. The summed E-state index contributed by atoms with van der Waals surface area (Å²) in [4.78, 5) is 17.4. The molecule has 2 fully saturated rings. The first-order valence-electron chi connectivity index (χ1n) is 12.5. The first kappa shape index (κ1) is 24.2. The summed E-state index contributed by atoms with van der Waals surface area (Å²) in [5.74, 6) is 2.45. The molecule has 1 aromatic rings. The summed E-state index contributed by atoms with van der Waals surface area (Å²) in [6.07, 6.45) is 12.6. The number of aromatic nitrogens is 2. The maximum absolute atomic E-state index is 12.6. The van der Waals surface area contributed by atoms with E-state index in [0.717, 1.165) is 55.0 Å². The molecule has 6 heteroatoms. The second-order valence-corrected chi connectivity index (χ2v) is 11.6. The Morgan fingerprint density at radius 2 is 1.81 bits per heavy atom. The van der Waals surface area contributed by atoms with Crippen molar-refractivity contribution < 1.29 is 18.5 Å². The highest BCUT2D eigenvalue weighted by Crippen LogP contribution is 2.33. The molecule has 2 heterocycles. The van der Waals surface area contributed by atoms with Crippen LogP contribution in [0, 0.1) is 5.92 Å². The molecule has 1 aromatic heterocycles. The molecular formula is C25H44N3O3+. The Balaban J connectivity index is 1.62. The molecule has 1 aliphatic heterocycles. The zero-order chi connectivity index (χ0) is 22.5. The summed E-state index contributed by atoms with van der Waals surface area (Å²) in [6.45, 7) is 8.01. The molecule has 0 unspecified atom stereocenters. The normalized spacial score (nSPS) is 21.7. The fraction of sp³-hybridized carbons (Fsp3) is 0.880. The number of hydrogen-bond acceptors (Lipinski definition) is 5. The van der Waals surface area contributed by atoms with Gasteiger partial charge in [0.05, 0.1) is 33.6 Å². The SMILES string of the molecule is CC(C)(C)OC(=O)C[C@@H](CCCC1CCCCC1)c1nc(C2CC[N+](C)(C)CC2)no1. The van der Waals surface area contributed by atoms with Gasteiger partial charge in [-0.05, 0) is 33.1 Å². The van der Waals surface area contributed by atoms with E-state index in [2.05, 4.69) is 19.3 Å². The summed E-state index contributed by atoms with van der Waals surface area (Å²) >= 11 is 0. The number of hydrogen-bond donors (Lipinski definition) is 0. The van der Waals surface area contributed by atoms with Crippen molar-refractivity contribution in [2.45, 2.75) is 109 Å². The van der Waals surface area contributed by atoms with Crippen molar-refractivity contribution in [3.05, 3.63) is 11.7 Å². The molecule has 1 aliphatic carbocycles. The number of piperidine rings is 1. The molecule has 0 aromatic carbocycles. The molecule has 0 spiro atoms. The van der Waals surface area contributed by atoms with Crippen LogP contribution in [0.1, 0.15) is 115 Å². The number of carbonyl (C=O) groups is 1. The Morgan fingerprint density at radius 1 is 1.13 bits per heavy atom. The van der Waals surface area contributed by atoms with Crippen LogP contribution in [-0.4, -0.2) is 53.4 Å². The fourth-order valence-corrected chi connectivity index (χ4v) is 5.13. The zero-order valence-corrected chi connectivity index (χ0v) is 20.5. The highest BCUT2D eigenvalue weighted by Gasteiger charge is 2.32. The van der Waals surface area contributed by atoms with Crippen LogP contribution in [0.3, 0.4) is 0 Å². The predicted molar refractivity (Wildman–Crippen MR) is 122 cm³/mol. The molecule has 1 atom stereocenters. The van der Waals surface area contributed by atoms with Gasteiger partial charge in [-0.3, -0.25) is 4.79 Å². The Hall–Kier alpha value is -1.43. The van der Waals surface area contributed by atoms with E-state index in [1.165, 1.54) is 38.5 Å². The molecular weight excluding hydrogens is 390 g/mol. The quantitative estimate of drug-likeness (QED) is 0.394. The number of quaternary nitrogens is 1. The Labute approximate surface area is 188 Å². The molecule has 0 N–H and O–H groups in total. The first-order chi connectivity index (χ1) is 14.6. The Bertz CT molecular complexity index is 691. The Kier molecular flexibility index (Phi) is 8.17. The van der Waals surface area contributed by atoms with E-state index in [-0.39, 0.29) is 11.9 Å². The van der Waals surface area contributed by atoms with Crippen molar-refractivity contribution >= 4 is 5.97 Å².